The molecule has 1 amide bonds. The summed E-state index contributed by atoms with van der Waals surface area (Å²) in [5, 5.41) is 12.8. The van der Waals surface area contributed by atoms with Crippen molar-refractivity contribution >= 4 is 44.8 Å². The van der Waals surface area contributed by atoms with Crippen LogP contribution in [0.2, 0.25) is 5.02 Å². The molecule has 24 heavy (non-hydrogen) atoms. The van der Waals surface area contributed by atoms with E-state index in [1.165, 1.54) is 6.07 Å². The molecule has 6 nitrogen and oxygen atoms in total. The van der Waals surface area contributed by atoms with Gasteiger partial charge in [-0.1, -0.05) is 11.6 Å². The second-order valence-electron chi connectivity index (χ2n) is 4.45. The maximum atomic E-state index is 13.6. The molecule has 0 saturated carbocycles. The predicted octanol–water partition coefficient (Wildman–Crippen LogP) is 4.31. The number of hydrogen-bond donors (Lipinski definition) is 1. The fourth-order valence-corrected chi connectivity index (χ4v) is 2.44. The van der Waals surface area contributed by atoms with E-state index in [1.807, 2.05) is 0 Å². The number of carbonyl (C=O) groups is 1. The Morgan fingerprint density at radius 3 is 2.62 bits per heavy atom. The number of ether oxygens (including phenoxy) is 1. The third kappa shape index (κ3) is 4.39. The van der Waals surface area contributed by atoms with Crippen LogP contribution in [0.25, 0.3) is 0 Å². The van der Waals surface area contributed by atoms with Gasteiger partial charge in [0.2, 0.25) is 0 Å². The van der Waals surface area contributed by atoms with E-state index < -0.39 is 29.1 Å². The summed E-state index contributed by atoms with van der Waals surface area (Å²) < 4.78 is 31.7. The number of hydrogen-bond acceptors (Lipinski definition) is 4. The van der Waals surface area contributed by atoms with E-state index in [4.69, 9.17) is 16.3 Å². The number of nitro benzene ring substituents is 1. The first kappa shape index (κ1) is 18.1. The van der Waals surface area contributed by atoms with Crippen molar-refractivity contribution in [3.63, 3.8) is 0 Å². The molecule has 0 bridgehead atoms. The van der Waals surface area contributed by atoms with Crippen LogP contribution in [0.1, 0.15) is 0 Å². The van der Waals surface area contributed by atoms with E-state index in [0.29, 0.717) is 6.07 Å². The van der Waals surface area contributed by atoms with Gasteiger partial charge in [-0.15, -0.1) is 0 Å². The Morgan fingerprint density at radius 1 is 1.33 bits per heavy atom. The van der Waals surface area contributed by atoms with E-state index >= 15 is 0 Å². The lowest BCUT2D eigenvalue weighted by atomic mass is 10.3. The van der Waals surface area contributed by atoms with Gasteiger partial charge in [0.15, 0.2) is 12.4 Å². The Morgan fingerprint density at radius 2 is 2.04 bits per heavy atom. The highest BCUT2D eigenvalue weighted by Crippen LogP contribution is 2.29. The van der Waals surface area contributed by atoms with Crippen LogP contribution in [-0.2, 0) is 4.79 Å². The summed E-state index contributed by atoms with van der Waals surface area (Å²) in [6.07, 6.45) is 0. The number of nitro groups is 1. The molecule has 0 aromatic heterocycles. The molecule has 10 heteroatoms. The number of rotatable bonds is 5. The van der Waals surface area contributed by atoms with Gasteiger partial charge in [0, 0.05) is 22.7 Å². The van der Waals surface area contributed by atoms with Crippen LogP contribution in [0.3, 0.4) is 0 Å². The minimum Gasteiger partial charge on any atom is -0.482 e. The van der Waals surface area contributed by atoms with Gasteiger partial charge in [-0.05, 0) is 28.1 Å². The maximum absolute atomic E-state index is 13.6. The second kappa shape index (κ2) is 7.54. The highest BCUT2D eigenvalue weighted by molar-refractivity contribution is 9.10. The number of nitrogens with one attached hydrogen (secondary N) is 1. The van der Waals surface area contributed by atoms with Crippen LogP contribution in [-0.4, -0.2) is 17.4 Å². The lowest BCUT2D eigenvalue weighted by molar-refractivity contribution is -0.384. The number of anilines is 1. The van der Waals surface area contributed by atoms with Crippen LogP contribution in [0, 0.1) is 21.7 Å². The van der Waals surface area contributed by atoms with Gasteiger partial charge in [0.25, 0.3) is 11.6 Å². The number of benzene rings is 2. The second-order valence-corrected chi connectivity index (χ2v) is 5.71. The van der Waals surface area contributed by atoms with Gasteiger partial charge < -0.3 is 10.1 Å². The highest BCUT2D eigenvalue weighted by Gasteiger charge is 2.15. The van der Waals surface area contributed by atoms with Crippen molar-refractivity contribution < 1.29 is 23.2 Å². The Hall–Kier alpha value is -2.26. The molecular formula is C14H8BrClF2N2O4. The average molecular weight is 422 g/mol. The smallest absolute Gasteiger partial charge is 0.271 e. The molecule has 0 aliphatic rings. The topological polar surface area (TPSA) is 81.5 Å². The molecule has 0 heterocycles. The molecule has 0 aliphatic heterocycles. The summed E-state index contributed by atoms with van der Waals surface area (Å²) in [6.45, 7) is -0.527. The summed E-state index contributed by atoms with van der Waals surface area (Å²) in [6, 6.07) is 5.09. The molecule has 0 saturated heterocycles. The molecule has 2 aromatic carbocycles. The molecule has 126 valence electrons. The van der Waals surface area contributed by atoms with E-state index in [0.717, 1.165) is 18.2 Å². The summed E-state index contributed by atoms with van der Waals surface area (Å²) >= 11 is 8.75. The standard InChI is InChI=1S/C14H8BrClF2N2O4/c15-9-3-7(17)4-11(18)14(9)19-13(21)6-24-12-2-1-8(20(22)23)5-10(12)16/h1-5H,6H2,(H,19,21). The van der Waals surface area contributed by atoms with E-state index in [1.54, 1.807) is 0 Å². The number of nitrogens with zero attached hydrogens (tertiary/aromatic N) is 1. The first-order chi connectivity index (χ1) is 11.3. The molecule has 0 fully saturated rings. The molecule has 0 aliphatic carbocycles. The molecule has 0 spiro atoms. The molecule has 0 unspecified atom stereocenters. The highest BCUT2D eigenvalue weighted by atomic mass is 79.9. The number of non-ortho nitro benzene ring substituents is 1. The fourth-order valence-electron chi connectivity index (χ4n) is 1.70. The number of amides is 1. The van der Waals surface area contributed by atoms with Gasteiger partial charge in [-0.2, -0.15) is 0 Å². The van der Waals surface area contributed by atoms with E-state index in [9.17, 15) is 23.7 Å². The van der Waals surface area contributed by atoms with Gasteiger partial charge in [-0.25, -0.2) is 8.78 Å². The SMILES string of the molecule is O=C(COc1ccc([N+](=O)[O-])cc1Cl)Nc1c(F)cc(F)cc1Br. The fraction of sp³-hybridized carbons (Fsp3) is 0.0714. The molecule has 0 atom stereocenters. The zero-order valence-electron chi connectivity index (χ0n) is 11.7. The maximum Gasteiger partial charge on any atom is 0.271 e. The molecule has 1 N–H and O–H groups in total. The largest absolute Gasteiger partial charge is 0.482 e. The minimum absolute atomic E-state index is 0.0294. The van der Waals surface area contributed by atoms with E-state index in [-0.39, 0.29) is 26.6 Å². The molecular weight excluding hydrogens is 414 g/mol. The minimum atomic E-state index is -0.955. The molecule has 2 aromatic rings. The quantitative estimate of drug-likeness (QED) is 0.576. The Bertz CT molecular complexity index is 796. The van der Waals surface area contributed by atoms with Crippen molar-refractivity contribution in [3.8, 4) is 5.75 Å². The summed E-state index contributed by atoms with van der Waals surface area (Å²) in [5.74, 6) is -2.43. The summed E-state index contributed by atoms with van der Waals surface area (Å²) in [4.78, 5) is 21.8. The lowest BCUT2D eigenvalue weighted by Gasteiger charge is -2.10. The van der Waals surface area contributed by atoms with Crippen LogP contribution in [0.15, 0.2) is 34.8 Å². The normalized spacial score (nSPS) is 10.3. The van der Waals surface area contributed by atoms with Gasteiger partial charge in [-0.3, -0.25) is 14.9 Å². The number of carbonyl (C=O) groups excluding carboxylic acids is 1. The molecule has 0 radical (unpaired) electrons. The van der Waals surface area contributed by atoms with Crippen molar-refractivity contribution in [2.45, 2.75) is 0 Å². The van der Waals surface area contributed by atoms with Crippen LogP contribution in [0.5, 0.6) is 5.75 Å². The van der Waals surface area contributed by atoms with Gasteiger partial charge in [0.1, 0.15) is 11.6 Å². The van der Waals surface area contributed by atoms with Crippen molar-refractivity contribution in [2.75, 3.05) is 11.9 Å². The third-order valence-corrected chi connectivity index (χ3v) is 3.68. The monoisotopic (exact) mass is 420 g/mol. The predicted molar refractivity (Wildman–Crippen MR) is 86.3 cm³/mol. The van der Waals surface area contributed by atoms with Gasteiger partial charge in [0.05, 0.1) is 15.6 Å². The Balaban J connectivity index is 2.03. The Kier molecular flexibility index (Phi) is 5.68. The van der Waals surface area contributed by atoms with Crippen molar-refractivity contribution in [3.05, 3.63) is 61.6 Å². The van der Waals surface area contributed by atoms with Crippen LogP contribution >= 0.6 is 27.5 Å². The number of halogens is 4. The zero-order valence-corrected chi connectivity index (χ0v) is 14.0. The van der Waals surface area contributed by atoms with Gasteiger partial charge >= 0.3 is 0 Å². The van der Waals surface area contributed by atoms with Crippen molar-refractivity contribution in [1.29, 1.82) is 0 Å². The average Bonchev–Trinajstić information content (AvgIpc) is 2.49. The first-order valence-electron chi connectivity index (χ1n) is 6.29. The van der Waals surface area contributed by atoms with E-state index in [2.05, 4.69) is 21.2 Å². The first-order valence-corrected chi connectivity index (χ1v) is 7.46. The zero-order chi connectivity index (χ0) is 17.9. The van der Waals surface area contributed by atoms with Crippen LogP contribution < -0.4 is 10.1 Å². The van der Waals surface area contributed by atoms with Crippen molar-refractivity contribution in [2.24, 2.45) is 0 Å². The lowest BCUT2D eigenvalue weighted by Crippen LogP contribution is -2.21. The van der Waals surface area contributed by atoms with Crippen LogP contribution in [0.4, 0.5) is 20.2 Å². The third-order valence-electron chi connectivity index (χ3n) is 2.76. The molecule has 2 rings (SSSR count). The Labute approximate surface area is 147 Å². The summed E-state index contributed by atoms with van der Waals surface area (Å²) in [7, 11) is 0. The van der Waals surface area contributed by atoms with Crippen molar-refractivity contribution in [1.82, 2.24) is 0 Å². The summed E-state index contributed by atoms with van der Waals surface area (Å²) in [5.41, 5.74) is -0.464.